The van der Waals surface area contributed by atoms with Gasteiger partial charge >= 0.3 is 0 Å². The third-order valence-electron chi connectivity index (χ3n) is 6.40. The first-order valence-electron chi connectivity index (χ1n) is 9.55. The van der Waals surface area contributed by atoms with Crippen LogP contribution < -0.4 is 4.90 Å². The molecule has 6 nitrogen and oxygen atoms in total. The van der Waals surface area contributed by atoms with Crippen molar-refractivity contribution in [3.05, 3.63) is 18.5 Å². The third-order valence-corrected chi connectivity index (χ3v) is 6.40. The number of anilines is 1. The van der Waals surface area contributed by atoms with Crippen molar-refractivity contribution >= 4 is 11.9 Å². The van der Waals surface area contributed by atoms with E-state index in [2.05, 4.69) is 14.9 Å². The minimum Gasteiger partial charge on any atom is -0.396 e. The Morgan fingerprint density at radius 3 is 2.72 bits per heavy atom. The molecule has 2 heterocycles. The Hall–Kier alpha value is -1.69. The number of likely N-dealkylation sites (N-methyl/N-ethyl adjacent to an activating group) is 1. The summed E-state index contributed by atoms with van der Waals surface area (Å²) >= 11 is 0. The number of fused-ring (bicyclic) bond motifs is 1. The quantitative estimate of drug-likeness (QED) is 0.883. The lowest BCUT2D eigenvalue weighted by Crippen LogP contribution is -2.49. The largest absolute Gasteiger partial charge is 0.396 e. The molecular weight excluding hydrogens is 316 g/mol. The standard InChI is InChI=1S/C19H28N4O2/c1-22(12-19(13-24)7-8-19)17(25)16-11-14-5-2-3-6-15(14)23(16)18-20-9-4-10-21-18/h4,9-10,14-16,24H,2-3,5-8,11-13H2,1H3. The molecule has 25 heavy (non-hydrogen) atoms. The van der Waals surface area contributed by atoms with E-state index >= 15 is 0 Å². The van der Waals surface area contributed by atoms with Crippen LogP contribution in [0.25, 0.3) is 0 Å². The fourth-order valence-corrected chi connectivity index (χ4v) is 4.77. The van der Waals surface area contributed by atoms with Crippen LogP contribution in [-0.2, 0) is 4.79 Å². The fraction of sp³-hybridized carbons (Fsp3) is 0.737. The van der Waals surface area contributed by atoms with Crippen molar-refractivity contribution in [1.82, 2.24) is 14.9 Å². The second-order valence-electron chi connectivity index (χ2n) is 8.17. The molecular formula is C19H28N4O2. The predicted octanol–water partition coefficient (Wildman–Crippen LogP) is 1.84. The molecule has 136 valence electrons. The highest BCUT2D eigenvalue weighted by Gasteiger charge is 2.49. The van der Waals surface area contributed by atoms with E-state index in [9.17, 15) is 9.90 Å². The van der Waals surface area contributed by atoms with Crippen LogP contribution in [0.4, 0.5) is 5.95 Å². The minimum absolute atomic E-state index is 0.0517. The molecule has 1 saturated heterocycles. The molecule has 2 saturated carbocycles. The second-order valence-corrected chi connectivity index (χ2v) is 8.17. The summed E-state index contributed by atoms with van der Waals surface area (Å²) in [5, 5.41) is 9.58. The van der Waals surface area contributed by atoms with Crippen molar-refractivity contribution in [2.45, 2.75) is 57.0 Å². The number of amides is 1. The Balaban J connectivity index is 1.56. The van der Waals surface area contributed by atoms with Crippen LogP contribution in [0.15, 0.2) is 18.5 Å². The number of rotatable bonds is 5. The summed E-state index contributed by atoms with van der Waals surface area (Å²) in [5.74, 6) is 1.40. The number of aliphatic hydroxyl groups is 1. The number of carbonyl (C=O) groups excluding carboxylic acids is 1. The lowest BCUT2D eigenvalue weighted by Gasteiger charge is -2.35. The highest BCUT2D eigenvalue weighted by Crippen LogP contribution is 2.46. The van der Waals surface area contributed by atoms with Gasteiger partial charge in [-0.25, -0.2) is 9.97 Å². The maximum atomic E-state index is 13.2. The molecule has 1 aromatic heterocycles. The van der Waals surface area contributed by atoms with Gasteiger partial charge in [-0.3, -0.25) is 4.79 Å². The van der Waals surface area contributed by atoms with Gasteiger partial charge in [0.25, 0.3) is 0 Å². The maximum absolute atomic E-state index is 13.2. The molecule has 4 rings (SSSR count). The van der Waals surface area contributed by atoms with E-state index in [1.54, 1.807) is 12.4 Å². The number of aliphatic hydroxyl groups excluding tert-OH is 1. The van der Waals surface area contributed by atoms with Crippen molar-refractivity contribution in [1.29, 1.82) is 0 Å². The molecule has 2 aliphatic carbocycles. The third kappa shape index (κ3) is 3.12. The van der Waals surface area contributed by atoms with Gasteiger partial charge in [-0.1, -0.05) is 12.8 Å². The molecule has 1 aliphatic heterocycles. The maximum Gasteiger partial charge on any atom is 0.245 e. The summed E-state index contributed by atoms with van der Waals surface area (Å²) in [6.45, 7) is 0.823. The first-order chi connectivity index (χ1) is 12.1. The lowest BCUT2D eigenvalue weighted by molar-refractivity contribution is -0.132. The van der Waals surface area contributed by atoms with Crippen LogP contribution >= 0.6 is 0 Å². The summed E-state index contributed by atoms with van der Waals surface area (Å²) in [6.07, 6.45) is 11.2. The van der Waals surface area contributed by atoms with Gasteiger partial charge in [-0.2, -0.15) is 0 Å². The number of nitrogens with zero attached hydrogens (tertiary/aromatic N) is 4. The van der Waals surface area contributed by atoms with Crippen molar-refractivity contribution in [3.8, 4) is 0 Å². The van der Waals surface area contributed by atoms with Gasteiger partial charge in [-0.05, 0) is 44.1 Å². The van der Waals surface area contributed by atoms with E-state index in [1.165, 1.54) is 19.3 Å². The molecule has 3 fully saturated rings. The average Bonchev–Trinajstić information content (AvgIpc) is 3.32. The molecule has 0 bridgehead atoms. The summed E-state index contributed by atoms with van der Waals surface area (Å²) < 4.78 is 0. The molecule has 0 radical (unpaired) electrons. The summed E-state index contributed by atoms with van der Waals surface area (Å²) in [6, 6.07) is 2.03. The summed E-state index contributed by atoms with van der Waals surface area (Å²) in [4.78, 5) is 26.2. The molecule has 1 N–H and O–H groups in total. The Morgan fingerprint density at radius 1 is 1.32 bits per heavy atom. The van der Waals surface area contributed by atoms with Gasteiger partial charge in [-0.15, -0.1) is 0 Å². The zero-order valence-electron chi connectivity index (χ0n) is 15.0. The second kappa shape index (κ2) is 6.56. The molecule has 1 amide bonds. The normalized spacial score (nSPS) is 30.0. The van der Waals surface area contributed by atoms with Crippen molar-refractivity contribution < 1.29 is 9.90 Å². The van der Waals surface area contributed by atoms with E-state index in [0.29, 0.717) is 24.5 Å². The summed E-state index contributed by atoms with van der Waals surface area (Å²) in [7, 11) is 1.88. The van der Waals surface area contributed by atoms with Crippen molar-refractivity contribution in [2.75, 3.05) is 25.1 Å². The average molecular weight is 344 g/mol. The smallest absolute Gasteiger partial charge is 0.245 e. The summed E-state index contributed by atoms with van der Waals surface area (Å²) in [5.41, 5.74) is -0.0517. The monoisotopic (exact) mass is 344 g/mol. The van der Waals surface area contributed by atoms with E-state index < -0.39 is 0 Å². The Kier molecular flexibility index (Phi) is 4.40. The van der Waals surface area contributed by atoms with Gasteiger partial charge < -0.3 is 14.9 Å². The van der Waals surface area contributed by atoms with Gasteiger partial charge in [0, 0.05) is 37.4 Å². The molecule has 6 heteroatoms. The van der Waals surface area contributed by atoms with Gasteiger partial charge in [0.15, 0.2) is 0 Å². The minimum atomic E-state index is -0.171. The zero-order chi connectivity index (χ0) is 17.4. The van der Waals surface area contributed by atoms with E-state index in [0.717, 1.165) is 25.7 Å². The van der Waals surface area contributed by atoms with Crippen LogP contribution in [-0.4, -0.2) is 58.2 Å². The number of carbonyl (C=O) groups is 1. The number of hydrogen-bond acceptors (Lipinski definition) is 5. The van der Waals surface area contributed by atoms with Crippen LogP contribution in [0.2, 0.25) is 0 Å². The van der Waals surface area contributed by atoms with Gasteiger partial charge in [0.1, 0.15) is 6.04 Å². The molecule has 1 aromatic rings. The number of hydrogen-bond donors (Lipinski definition) is 1. The van der Waals surface area contributed by atoms with Gasteiger partial charge in [0.2, 0.25) is 11.9 Å². The SMILES string of the molecule is CN(CC1(CO)CC1)C(=O)C1CC2CCCCC2N1c1ncccn1. The molecule has 3 unspecified atom stereocenters. The first-order valence-corrected chi connectivity index (χ1v) is 9.55. The molecule has 0 aromatic carbocycles. The van der Waals surface area contributed by atoms with Crippen molar-refractivity contribution in [3.63, 3.8) is 0 Å². The number of aromatic nitrogens is 2. The van der Waals surface area contributed by atoms with E-state index in [4.69, 9.17) is 0 Å². The first kappa shape index (κ1) is 16.8. The molecule has 0 spiro atoms. The van der Waals surface area contributed by atoms with Crippen molar-refractivity contribution in [2.24, 2.45) is 11.3 Å². The highest BCUT2D eigenvalue weighted by molar-refractivity contribution is 5.85. The zero-order valence-corrected chi connectivity index (χ0v) is 15.0. The Bertz CT molecular complexity index is 619. The van der Waals surface area contributed by atoms with Crippen LogP contribution in [0.3, 0.4) is 0 Å². The van der Waals surface area contributed by atoms with E-state index in [1.807, 2.05) is 18.0 Å². The molecule has 3 aliphatic rings. The van der Waals surface area contributed by atoms with E-state index in [-0.39, 0.29) is 24.0 Å². The highest BCUT2D eigenvalue weighted by atomic mass is 16.3. The lowest BCUT2D eigenvalue weighted by atomic mass is 9.84. The van der Waals surface area contributed by atoms with Gasteiger partial charge in [0.05, 0.1) is 6.61 Å². The van der Waals surface area contributed by atoms with Crippen LogP contribution in [0, 0.1) is 11.3 Å². The Morgan fingerprint density at radius 2 is 2.04 bits per heavy atom. The Labute approximate surface area is 149 Å². The van der Waals surface area contributed by atoms with Crippen LogP contribution in [0.5, 0.6) is 0 Å². The topological polar surface area (TPSA) is 69.6 Å². The fourth-order valence-electron chi connectivity index (χ4n) is 4.77. The molecule has 3 atom stereocenters. The predicted molar refractivity (Wildman–Crippen MR) is 95.1 cm³/mol. The van der Waals surface area contributed by atoms with Crippen LogP contribution in [0.1, 0.15) is 44.9 Å².